The maximum atomic E-state index is 11.9. The van der Waals surface area contributed by atoms with E-state index in [2.05, 4.69) is 12.1 Å². The Morgan fingerprint density at radius 3 is 2.89 bits per heavy atom. The molecule has 2 aliphatic heterocycles. The van der Waals surface area contributed by atoms with Crippen molar-refractivity contribution in [2.75, 3.05) is 13.9 Å². The van der Waals surface area contributed by atoms with E-state index in [4.69, 9.17) is 14.2 Å². The molecule has 5 heteroatoms. The van der Waals surface area contributed by atoms with E-state index >= 15 is 0 Å². The van der Waals surface area contributed by atoms with E-state index in [0.29, 0.717) is 6.42 Å². The van der Waals surface area contributed by atoms with E-state index in [1.807, 2.05) is 18.2 Å². The molecule has 4 atom stereocenters. The average molecular weight is 327 g/mol. The van der Waals surface area contributed by atoms with Crippen LogP contribution in [-0.4, -0.2) is 53.0 Å². The molecule has 2 saturated heterocycles. The Balaban J connectivity index is 1.74. The number of hydrogen-bond donors (Lipinski definition) is 0. The summed E-state index contributed by atoms with van der Waals surface area (Å²) in [5.41, 5.74) is 0. The maximum absolute atomic E-state index is 11.9. The zero-order valence-corrected chi connectivity index (χ0v) is 12.4. The molecule has 2 heterocycles. The number of ether oxygens (including phenoxy) is 3. The number of ketones is 1. The van der Waals surface area contributed by atoms with Crippen molar-refractivity contribution in [1.82, 2.24) is 0 Å². The number of carbonyl (C=O) groups excluding carboxylic acids is 1. The minimum atomic E-state index is -0.271. The van der Waals surface area contributed by atoms with E-state index in [1.165, 1.54) is 4.46 Å². The minimum absolute atomic E-state index is 0.0112. The van der Waals surface area contributed by atoms with Gasteiger partial charge in [-0.2, -0.15) is 0 Å². The topological polar surface area (TPSA) is 44.8 Å². The summed E-state index contributed by atoms with van der Waals surface area (Å²) in [7, 11) is 1.61. The van der Waals surface area contributed by atoms with Gasteiger partial charge in [0.05, 0.1) is 0 Å². The van der Waals surface area contributed by atoms with Gasteiger partial charge in [-0.1, -0.05) is 0 Å². The van der Waals surface area contributed by atoms with Crippen molar-refractivity contribution in [2.24, 2.45) is 0 Å². The predicted octanol–water partition coefficient (Wildman–Crippen LogP) is 0.534. The third-order valence-electron chi connectivity index (χ3n) is 3.42. The normalized spacial score (nSPS) is 33.0. The van der Waals surface area contributed by atoms with Gasteiger partial charge in [0, 0.05) is 0 Å². The Hall–Kier alpha value is -0.711. The van der Waals surface area contributed by atoms with E-state index in [-0.39, 0.29) is 50.7 Å². The Kier molecular flexibility index (Phi) is 4.01. The third kappa shape index (κ3) is 2.62. The first-order chi connectivity index (χ1) is 9.29. The zero-order chi connectivity index (χ0) is 13.2. The van der Waals surface area contributed by atoms with Gasteiger partial charge in [-0.15, -0.1) is 0 Å². The monoisotopic (exact) mass is 328 g/mol. The number of carbonyl (C=O) groups is 1. The van der Waals surface area contributed by atoms with Gasteiger partial charge in [0.25, 0.3) is 0 Å². The Labute approximate surface area is 118 Å². The number of rotatable bonds is 5. The molecule has 3 rings (SSSR count). The second kappa shape index (κ2) is 5.73. The SMILES string of the molecule is COCO[C@@H]1[C@@H]([Se]c2ccccc2)[C@H]2O[C@@H]1CC2=O. The molecule has 2 fully saturated rings. The van der Waals surface area contributed by atoms with E-state index in [1.54, 1.807) is 7.11 Å². The van der Waals surface area contributed by atoms with Crippen LogP contribution < -0.4 is 4.46 Å². The number of fused-ring (bicyclic) bond motifs is 2. The molecule has 0 unspecified atom stereocenters. The summed E-state index contributed by atoms with van der Waals surface area (Å²) in [6, 6.07) is 10.3. The number of benzene rings is 1. The van der Waals surface area contributed by atoms with Crippen LogP contribution in [0.2, 0.25) is 4.82 Å². The van der Waals surface area contributed by atoms with E-state index in [9.17, 15) is 4.79 Å². The summed E-state index contributed by atoms with van der Waals surface area (Å²) >= 11 is 0.176. The van der Waals surface area contributed by atoms with Crippen molar-refractivity contribution in [3.8, 4) is 0 Å². The molecule has 4 nitrogen and oxygen atoms in total. The first-order valence-corrected chi connectivity index (χ1v) is 8.14. The molecular weight excluding hydrogens is 311 g/mol. The molecule has 0 radical (unpaired) electrons. The summed E-state index contributed by atoms with van der Waals surface area (Å²) in [5.74, 6) is 0.227. The fourth-order valence-electron chi connectivity index (χ4n) is 2.60. The van der Waals surface area contributed by atoms with Gasteiger partial charge in [0.15, 0.2) is 0 Å². The third-order valence-corrected chi connectivity index (χ3v) is 6.22. The van der Waals surface area contributed by atoms with Gasteiger partial charge in [0.1, 0.15) is 0 Å². The Bertz CT molecular complexity index is 450. The first-order valence-electron chi connectivity index (χ1n) is 6.30. The van der Waals surface area contributed by atoms with Crippen LogP contribution in [0.1, 0.15) is 6.42 Å². The molecule has 1 aromatic rings. The molecule has 19 heavy (non-hydrogen) atoms. The van der Waals surface area contributed by atoms with E-state index < -0.39 is 0 Å². The molecule has 2 bridgehead atoms. The van der Waals surface area contributed by atoms with Gasteiger partial charge in [-0.05, 0) is 0 Å². The van der Waals surface area contributed by atoms with Crippen LogP contribution in [0, 0.1) is 0 Å². The molecule has 0 amide bonds. The van der Waals surface area contributed by atoms with Gasteiger partial charge in [-0.25, -0.2) is 0 Å². The molecule has 1 aromatic carbocycles. The van der Waals surface area contributed by atoms with Crippen molar-refractivity contribution < 1.29 is 19.0 Å². The van der Waals surface area contributed by atoms with Crippen molar-refractivity contribution in [3.63, 3.8) is 0 Å². The summed E-state index contributed by atoms with van der Waals surface area (Å²) in [4.78, 5) is 12.0. The number of hydrogen-bond acceptors (Lipinski definition) is 4. The summed E-state index contributed by atoms with van der Waals surface area (Å²) in [6.45, 7) is 0.257. The zero-order valence-electron chi connectivity index (χ0n) is 10.7. The van der Waals surface area contributed by atoms with Crippen LogP contribution in [0.15, 0.2) is 30.3 Å². The standard InChI is InChI=1S/C14H16O4Se/c1-16-8-17-13-11-7-10(15)12(18-11)14(13)19-9-5-3-2-4-6-9/h2-6,11-14H,7-8H2,1H3/t11-,12+,13+,14+/m1/s1. The quantitative estimate of drug-likeness (QED) is 0.585. The van der Waals surface area contributed by atoms with Gasteiger partial charge < -0.3 is 0 Å². The van der Waals surface area contributed by atoms with Crippen LogP contribution in [0.25, 0.3) is 0 Å². The second-order valence-corrected chi connectivity index (χ2v) is 7.32. The van der Waals surface area contributed by atoms with Crippen LogP contribution >= 0.6 is 0 Å². The van der Waals surface area contributed by atoms with Crippen molar-refractivity contribution in [2.45, 2.75) is 29.5 Å². The van der Waals surface area contributed by atoms with Crippen molar-refractivity contribution >= 4 is 25.2 Å². The molecular formula is C14H16O4Se. The molecule has 2 aliphatic rings. The summed E-state index contributed by atoms with van der Waals surface area (Å²) < 4.78 is 17.8. The molecule has 0 spiro atoms. The van der Waals surface area contributed by atoms with Gasteiger partial charge >= 0.3 is 118 Å². The average Bonchev–Trinajstić information content (AvgIpc) is 2.95. The molecule has 0 saturated carbocycles. The van der Waals surface area contributed by atoms with Crippen LogP contribution in [0.5, 0.6) is 0 Å². The fourth-order valence-corrected chi connectivity index (χ4v) is 5.44. The molecule has 0 aromatic heterocycles. The number of methoxy groups -OCH3 is 1. The van der Waals surface area contributed by atoms with E-state index in [0.717, 1.165) is 0 Å². The Morgan fingerprint density at radius 2 is 2.16 bits per heavy atom. The first kappa shape index (κ1) is 13.3. The second-order valence-electron chi connectivity index (χ2n) is 4.70. The van der Waals surface area contributed by atoms with Crippen molar-refractivity contribution in [1.29, 1.82) is 0 Å². The van der Waals surface area contributed by atoms with Gasteiger partial charge in [-0.3, -0.25) is 0 Å². The van der Waals surface area contributed by atoms with Crippen LogP contribution in [0.3, 0.4) is 0 Å². The predicted molar refractivity (Wildman–Crippen MR) is 70.6 cm³/mol. The van der Waals surface area contributed by atoms with Crippen LogP contribution in [-0.2, 0) is 19.0 Å². The summed E-state index contributed by atoms with van der Waals surface area (Å²) in [6.07, 6.45) is 0.124. The van der Waals surface area contributed by atoms with Gasteiger partial charge in [0.2, 0.25) is 0 Å². The fraction of sp³-hybridized carbons (Fsp3) is 0.500. The van der Waals surface area contributed by atoms with Crippen LogP contribution in [0.4, 0.5) is 0 Å². The molecule has 0 N–H and O–H groups in total. The number of Topliss-reactive ketones (excluding diaryl/α,β-unsaturated/α-hetero) is 1. The summed E-state index contributed by atoms with van der Waals surface area (Å²) in [5, 5.41) is 0. The van der Waals surface area contributed by atoms with Crippen molar-refractivity contribution in [3.05, 3.63) is 30.3 Å². The molecule has 0 aliphatic carbocycles. The Morgan fingerprint density at radius 1 is 1.37 bits per heavy atom. The molecule has 102 valence electrons.